The van der Waals surface area contributed by atoms with E-state index in [1.165, 1.54) is 0 Å². The first-order valence-electron chi connectivity index (χ1n) is 5.48. The third kappa shape index (κ3) is 2.10. The normalized spacial score (nSPS) is 46.3. The Morgan fingerprint density at radius 2 is 2.21 bits per heavy atom. The molecule has 84 valence electrons. The van der Waals surface area contributed by atoms with Gasteiger partial charge in [-0.25, -0.2) is 0 Å². The lowest BCUT2D eigenvalue weighted by Crippen LogP contribution is -2.62. The summed E-state index contributed by atoms with van der Waals surface area (Å²) in [6.45, 7) is 8.62. The molecule has 3 N–H and O–H groups in total. The molecule has 0 aromatic carbocycles. The Labute approximate surface area is 86.6 Å². The average molecular weight is 201 g/mol. The molecule has 14 heavy (non-hydrogen) atoms. The van der Waals surface area contributed by atoms with Crippen LogP contribution in [0.3, 0.4) is 0 Å². The van der Waals surface area contributed by atoms with E-state index >= 15 is 0 Å². The van der Waals surface area contributed by atoms with Crippen molar-refractivity contribution in [2.75, 3.05) is 6.61 Å². The Morgan fingerprint density at radius 1 is 1.64 bits per heavy atom. The molecule has 1 aliphatic rings. The zero-order valence-corrected chi connectivity index (χ0v) is 9.66. The van der Waals surface area contributed by atoms with Gasteiger partial charge in [-0.2, -0.15) is 0 Å². The van der Waals surface area contributed by atoms with Gasteiger partial charge in [0.05, 0.1) is 24.4 Å². The molecule has 1 saturated heterocycles. The number of ether oxygens (including phenoxy) is 1. The van der Waals surface area contributed by atoms with Crippen molar-refractivity contribution in [3.63, 3.8) is 0 Å². The van der Waals surface area contributed by atoms with Crippen LogP contribution in [0.1, 0.15) is 34.1 Å². The maximum absolute atomic E-state index is 10.0. The van der Waals surface area contributed by atoms with Crippen LogP contribution >= 0.6 is 0 Å². The number of aliphatic hydroxyl groups is 1. The Kier molecular flexibility index (Phi) is 3.56. The predicted octanol–water partition coefficient (Wildman–Crippen LogP) is 1.15. The molecule has 3 heteroatoms. The van der Waals surface area contributed by atoms with E-state index in [1.807, 2.05) is 13.8 Å². The topological polar surface area (TPSA) is 55.5 Å². The third-order valence-corrected chi connectivity index (χ3v) is 3.48. The summed E-state index contributed by atoms with van der Waals surface area (Å²) < 4.78 is 5.74. The zero-order chi connectivity index (χ0) is 10.9. The number of nitrogens with two attached hydrogens (primary N) is 1. The fourth-order valence-electron chi connectivity index (χ4n) is 2.21. The van der Waals surface area contributed by atoms with Crippen LogP contribution in [0.5, 0.6) is 0 Å². The largest absolute Gasteiger partial charge is 0.391 e. The second-order valence-electron chi connectivity index (χ2n) is 4.97. The minimum Gasteiger partial charge on any atom is -0.391 e. The van der Waals surface area contributed by atoms with Gasteiger partial charge in [-0.05, 0) is 12.8 Å². The van der Waals surface area contributed by atoms with E-state index in [9.17, 15) is 5.11 Å². The van der Waals surface area contributed by atoms with Gasteiger partial charge >= 0.3 is 0 Å². The summed E-state index contributed by atoms with van der Waals surface area (Å²) in [5.41, 5.74) is 5.35. The monoisotopic (exact) mass is 201 g/mol. The molecule has 0 spiro atoms. The van der Waals surface area contributed by atoms with E-state index in [4.69, 9.17) is 10.5 Å². The van der Waals surface area contributed by atoms with Gasteiger partial charge in [0.25, 0.3) is 0 Å². The van der Waals surface area contributed by atoms with Crippen LogP contribution in [-0.2, 0) is 4.74 Å². The van der Waals surface area contributed by atoms with Crippen molar-refractivity contribution >= 4 is 0 Å². The first-order chi connectivity index (χ1) is 6.40. The summed E-state index contributed by atoms with van der Waals surface area (Å²) in [5, 5.41) is 10.0. The molecule has 0 amide bonds. The predicted molar refractivity (Wildman–Crippen MR) is 57.0 cm³/mol. The van der Waals surface area contributed by atoms with Gasteiger partial charge in [0, 0.05) is 5.92 Å². The minimum atomic E-state index is -0.594. The average Bonchev–Trinajstić information content (AvgIpc) is 2.14. The number of rotatable bonds is 2. The molecule has 0 bridgehead atoms. The van der Waals surface area contributed by atoms with E-state index in [2.05, 4.69) is 13.8 Å². The highest BCUT2D eigenvalue weighted by Crippen LogP contribution is 2.31. The Morgan fingerprint density at radius 3 is 2.71 bits per heavy atom. The van der Waals surface area contributed by atoms with Crippen molar-refractivity contribution < 1.29 is 9.84 Å². The summed E-state index contributed by atoms with van der Waals surface area (Å²) in [6.07, 6.45) is 0.755. The molecule has 0 aromatic rings. The van der Waals surface area contributed by atoms with Crippen LogP contribution in [0.4, 0.5) is 0 Å². The first-order valence-corrected chi connectivity index (χ1v) is 5.48. The highest BCUT2D eigenvalue weighted by atomic mass is 16.5. The van der Waals surface area contributed by atoms with Gasteiger partial charge in [-0.1, -0.05) is 27.2 Å². The molecule has 1 fully saturated rings. The molecule has 1 aliphatic heterocycles. The summed E-state index contributed by atoms with van der Waals surface area (Å²) in [7, 11) is 0. The molecule has 0 aromatic heterocycles. The Bertz CT molecular complexity index is 194. The summed E-state index contributed by atoms with van der Waals surface area (Å²) in [6, 6.07) is 0. The van der Waals surface area contributed by atoms with Crippen LogP contribution in [0, 0.1) is 11.8 Å². The summed E-state index contributed by atoms with van der Waals surface area (Å²) in [5.74, 6) is 0.601. The van der Waals surface area contributed by atoms with Crippen LogP contribution in [-0.4, -0.2) is 29.5 Å². The second-order valence-corrected chi connectivity index (χ2v) is 4.97. The smallest absolute Gasteiger partial charge is 0.0789 e. The van der Waals surface area contributed by atoms with E-state index in [0.717, 1.165) is 6.42 Å². The quantitative estimate of drug-likeness (QED) is 0.704. The Hall–Kier alpha value is -0.120. The van der Waals surface area contributed by atoms with Gasteiger partial charge < -0.3 is 15.6 Å². The lowest BCUT2D eigenvalue weighted by molar-refractivity contribution is -0.145. The molecule has 0 radical (unpaired) electrons. The van der Waals surface area contributed by atoms with Crippen molar-refractivity contribution in [1.82, 2.24) is 0 Å². The van der Waals surface area contributed by atoms with Gasteiger partial charge in [0.1, 0.15) is 0 Å². The van der Waals surface area contributed by atoms with Crippen molar-refractivity contribution in [2.45, 2.75) is 51.9 Å². The molecule has 5 atom stereocenters. The molecule has 3 nitrogen and oxygen atoms in total. The molecule has 0 saturated carbocycles. The maximum Gasteiger partial charge on any atom is 0.0789 e. The highest BCUT2D eigenvalue weighted by Gasteiger charge is 2.43. The van der Waals surface area contributed by atoms with Crippen LogP contribution in [0.15, 0.2) is 0 Å². The summed E-state index contributed by atoms with van der Waals surface area (Å²) in [4.78, 5) is 0. The third-order valence-electron chi connectivity index (χ3n) is 3.48. The number of hydrogen-bond donors (Lipinski definition) is 2. The molecule has 1 rings (SSSR count). The van der Waals surface area contributed by atoms with E-state index in [0.29, 0.717) is 12.5 Å². The van der Waals surface area contributed by atoms with E-state index < -0.39 is 11.6 Å². The van der Waals surface area contributed by atoms with Crippen LogP contribution in [0.2, 0.25) is 0 Å². The van der Waals surface area contributed by atoms with E-state index in [1.54, 1.807) is 0 Å². The van der Waals surface area contributed by atoms with Crippen molar-refractivity contribution in [2.24, 2.45) is 17.6 Å². The van der Waals surface area contributed by atoms with Crippen molar-refractivity contribution in [1.29, 1.82) is 0 Å². The zero-order valence-electron chi connectivity index (χ0n) is 9.66. The number of hydrogen-bond acceptors (Lipinski definition) is 3. The fraction of sp³-hybridized carbons (Fsp3) is 1.00. The second kappa shape index (κ2) is 4.17. The van der Waals surface area contributed by atoms with Crippen LogP contribution < -0.4 is 5.73 Å². The minimum absolute atomic E-state index is 0.119. The van der Waals surface area contributed by atoms with E-state index in [-0.39, 0.29) is 12.0 Å². The maximum atomic E-state index is 10.0. The van der Waals surface area contributed by atoms with Gasteiger partial charge in [0.15, 0.2) is 0 Å². The van der Waals surface area contributed by atoms with Crippen molar-refractivity contribution in [3.05, 3.63) is 0 Å². The highest BCUT2D eigenvalue weighted by molar-refractivity contribution is 4.97. The first kappa shape index (κ1) is 12.0. The standard InChI is InChI=1S/C11H23NO2/c1-5-7(2)9-8(3)10(13)11(4,12)6-14-9/h7-10,13H,5-6,12H2,1-4H3. The SMILES string of the molecule is CCC(C)C1OCC(C)(N)C(O)C1C. The molecular formula is C11H23NO2. The fourth-order valence-corrected chi connectivity index (χ4v) is 2.21. The summed E-state index contributed by atoms with van der Waals surface area (Å²) >= 11 is 0. The number of aliphatic hydroxyl groups excluding tert-OH is 1. The van der Waals surface area contributed by atoms with Crippen LogP contribution in [0.25, 0.3) is 0 Å². The molecule has 0 aliphatic carbocycles. The lowest BCUT2D eigenvalue weighted by Gasteiger charge is -2.45. The van der Waals surface area contributed by atoms with Gasteiger partial charge in [0.2, 0.25) is 0 Å². The molecular weight excluding hydrogens is 178 g/mol. The molecule has 5 unspecified atom stereocenters. The Balaban J connectivity index is 2.69. The lowest BCUT2D eigenvalue weighted by atomic mass is 9.78. The van der Waals surface area contributed by atoms with Crippen molar-refractivity contribution in [3.8, 4) is 0 Å². The van der Waals surface area contributed by atoms with Gasteiger partial charge in [-0.15, -0.1) is 0 Å². The van der Waals surface area contributed by atoms with Gasteiger partial charge in [-0.3, -0.25) is 0 Å². The molecule has 1 heterocycles.